The van der Waals surface area contributed by atoms with Crippen molar-refractivity contribution in [2.24, 2.45) is 0 Å². The Morgan fingerprint density at radius 3 is 2.38 bits per heavy atom. The molecule has 0 saturated carbocycles. The molecule has 0 spiro atoms. The molecule has 0 heterocycles. The van der Waals surface area contributed by atoms with Crippen LogP contribution >= 0.6 is 11.9 Å². The molecule has 2 rings (SSSR count). The Labute approximate surface area is 132 Å². The molecule has 2 aromatic rings. The zero-order valence-electron chi connectivity index (χ0n) is 12.9. The Balaban J connectivity index is 2.33. The van der Waals surface area contributed by atoms with Gasteiger partial charge in [0, 0.05) is 30.8 Å². The summed E-state index contributed by atoms with van der Waals surface area (Å²) in [6.45, 7) is 8.53. The number of nitrogens with zero attached hydrogens (tertiary/aromatic N) is 1. The normalized spacial score (nSPS) is 10.5. The standard InChI is InChI=1S/C18H22ClNO/c1-4-20(5-2)17-11-10-14(3)16(13-17)12-15-8-6-7-9-18(15)21-19/h6-11,13H,4-5,12H2,1-3H3. The minimum absolute atomic E-state index is 0.729. The van der Waals surface area contributed by atoms with Crippen molar-refractivity contribution in [1.82, 2.24) is 0 Å². The van der Waals surface area contributed by atoms with Gasteiger partial charge in [0.15, 0.2) is 0 Å². The van der Waals surface area contributed by atoms with E-state index in [2.05, 4.69) is 49.9 Å². The maximum absolute atomic E-state index is 5.56. The number of hydrogen-bond acceptors (Lipinski definition) is 2. The molecule has 0 saturated heterocycles. The van der Waals surface area contributed by atoms with E-state index in [4.69, 9.17) is 16.2 Å². The fraction of sp³-hybridized carbons (Fsp3) is 0.333. The predicted octanol–water partition coefficient (Wildman–Crippen LogP) is 4.96. The van der Waals surface area contributed by atoms with Crippen molar-refractivity contribution in [3.63, 3.8) is 0 Å². The van der Waals surface area contributed by atoms with Crippen LogP contribution in [-0.2, 0) is 6.42 Å². The Bertz CT molecular complexity index is 594. The molecule has 21 heavy (non-hydrogen) atoms. The predicted molar refractivity (Wildman–Crippen MR) is 90.5 cm³/mol. The molecule has 0 unspecified atom stereocenters. The van der Waals surface area contributed by atoms with Crippen molar-refractivity contribution < 1.29 is 4.29 Å². The molecule has 0 fully saturated rings. The van der Waals surface area contributed by atoms with E-state index in [1.165, 1.54) is 16.8 Å². The minimum atomic E-state index is 0.729. The number of hydrogen-bond donors (Lipinski definition) is 0. The maximum Gasteiger partial charge on any atom is 0.149 e. The van der Waals surface area contributed by atoms with E-state index in [0.29, 0.717) is 0 Å². The van der Waals surface area contributed by atoms with Gasteiger partial charge in [0.25, 0.3) is 0 Å². The highest BCUT2D eigenvalue weighted by atomic mass is 35.5. The quantitative estimate of drug-likeness (QED) is 0.747. The topological polar surface area (TPSA) is 12.5 Å². The minimum Gasteiger partial charge on any atom is -0.385 e. The average Bonchev–Trinajstić information content (AvgIpc) is 2.52. The largest absolute Gasteiger partial charge is 0.385 e. The molecule has 0 atom stereocenters. The van der Waals surface area contributed by atoms with E-state index >= 15 is 0 Å². The van der Waals surface area contributed by atoms with E-state index in [1.54, 1.807) is 0 Å². The average molecular weight is 304 g/mol. The summed E-state index contributed by atoms with van der Waals surface area (Å²) in [7, 11) is 0. The first-order valence-corrected chi connectivity index (χ1v) is 7.71. The van der Waals surface area contributed by atoms with Gasteiger partial charge < -0.3 is 9.19 Å². The van der Waals surface area contributed by atoms with E-state index in [-0.39, 0.29) is 0 Å². The molecule has 112 valence electrons. The number of rotatable bonds is 6. The summed E-state index contributed by atoms with van der Waals surface area (Å²) in [4.78, 5) is 2.35. The third-order valence-electron chi connectivity index (χ3n) is 3.90. The molecule has 3 heteroatoms. The van der Waals surface area contributed by atoms with Gasteiger partial charge in [-0.05, 0) is 50.1 Å². The van der Waals surface area contributed by atoms with Crippen LogP contribution in [0.3, 0.4) is 0 Å². The summed E-state index contributed by atoms with van der Waals surface area (Å²) in [6.07, 6.45) is 0.823. The van der Waals surface area contributed by atoms with Gasteiger partial charge in [-0.1, -0.05) is 24.3 Å². The van der Waals surface area contributed by atoms with Crippen molar-refractivity contribution >= 4 is 17.6 Å². The second kappa shape index (κ2) is 7.37. The highest BCUT2D eigenvalue weighted by molar-refractivity contribution is 6.09. The lowest BCUT2D eigenvalue weighted by atomic mass is 9.99. The first-order valence-electron chi connectivity index (χ1n) is 7.40. The molecule has 0 N–H and O–H groups in total. The van der Waals surface area contributed by atoms with Gasteiger partial charge in [-0.25, -0.2) is 0 Å². The van der Waals surface area contributed by atoms with E-state index in [0.717, 1.165) is 30.8 Å². The smallest absolute Gasteiger partial charge is 0.149 e. The molecule has 0 aliphatic carbocycles. The molecule has 0 amide bonds. The Morgan fingerprint density at radius 1 is 1.00 bits per heavy atom. The summed E-state index contributed by atoms with van der Waals surface area (Å²) >= 11 is 5.56. The second-order valence-electron chi connectivity index (χ2n) is 5.14. The van der Waals surface area contributed by atoms with Crippen molar-refractivity contribution in [2.45, 2.75) is 27.2 Å². The molecular weight excluding hydrogens is 282 g/mol. The number of halogens is 1. The third-order valence-corrected chi connectivity index (χ3v) is 4.06. The van der Waals surface area contributed by atoms with Crippen molar-refractivity contribution in [2.75, 3.05) is 18.0 Å². The highest BCUT2D eigenvalue weighted by Crippen LogP contribution is 2.26. The first-order chi connectivity index (χ1) is 10.2. The summed E-state index contributed by atoms with van der Waals surface area (Å²) in [6, 6.07) is 14.5. The lowest BCUT2D eigenvalue weighted by Gasteiger charge is -2.22. The molecule has 0 aromatic heterocycles. The van der Waals surface area contributed by atoms with Crippen LogP contribution < -0.4 is 9.19 Å². The molecule has 0 aliphatic rings. The van der Waals surface area contributed by atoms with Crippen molar-refractivity contribution in [3.05, 3.63) is 59.2 Å². The molecule has 2 nitrogen and oxygen atoms in total. The first kappa shape index (κ1) is 15.7. The number of aryl methyl sites for hydroxylation is 1. The molecular formula is C18H22ClNO. The molecule has 0 bridgehead atoms. The Morgan fingerprint density at radius 2 is 1.71 bits per heavy atom. The van der Waals surface area contributed by atoms with Gasteiger partial charge in [-0.3, -0.25) is 0 Å². The maximum atomic E-state index is 5.56. The molecule has 0 radical (unpaired) electrons. The lowest BCUT2D eigenvalue weighted by molar-refractivity contribution is 0.610. The number of para-hydroxylation sites is 1. The fourth-order valence-corrected chi connectivity index (χ4v) is 2.71. The molecule has 0 aliphatic heterocycles. The monoisotopic (exact) mass is 303 g/mol. The van der Waals surface area contributed by atoms with Crippen LogP contribution in [0.1, 0.15) is 30.5 Å². The third kappa shape index (κ3) is 3.70. The Kier molecular flexibility index (Phi) is 5.51. The van der Waals surface area contributed by atoms with Gasteiger partial charge >= 0.3 is 0 Å². The zero-order chi connectivity index (χ0) is 15.2. The van der Waals surface area contributed by atoms with Gasteiger partial charge in [0.2, 0.25) is 0 Å². The van der Waals surface area contributed by atoms with E-state index < -0.39 is 0 Å². The summed E-state index contributed by atoms with van der Waals surface area (Å²) in [5.41, 5.74) is 4.97. The van der Waals surface area contributed by atoms with Gasteiger partial charge in [-0.15, -0.1) is 0 Å². The van der Waals surface area contributed by atoms with E-state index in [1.807, 2.05) is 18.2 Å². The van der Waals surface area contributed by atoms with Gasteiger partial charge in [-0.2, -0.15) is 0 Å². The summed E-state index contributed by atoms with van der Waals surface area (Å²) in [5, 5.41) is 0. The lowest BCUT2D eigenvalue weighted by Crippen LogP contribution is -2.21. The summed E-state index contributed by atoms with van der Waals surface area (Å²) < 4.78 is 4.94. The fourth-order valence-electron chi connectivity index (χ4n) is 2.56. The van der Waals surface area contributed by atoms with Crippen LogP contribution in [0, 0.1) is 6.92 Å². The van der Waals surface area contributed by atoms with Crippen LogP contribution in [0.25, 0.3) is 0 Å². The van der Waals surface area contributed by atoms with Crippen LogP contribution in [0.4, 0.5) is 5.69 Å². The SMILES string of the molecule is CCN(CC)c1ccc(C)c(Cc2ccccc2OCl)c1. The van der Waals surface area contributed by atoms with E-state index in [9.17, 15) is 0 Å². The van der Waals surface area contributed by atoms with Gasteiger partial charge in [0.1, 0.15) is 17.6 Å². The van der Waals surface area contributed by atoms with Gasteiger partial charge in [0.05, 0.1) is 0 Å². The zero-order valence-corrected chi connectivity index (χ0v) is 13.7. The second-order valence-corrected chi connectivity index (χ2v) is 5.30. The number of anilines is 1. The number of benzene rings is 2. The van der Waals surface area contributed by atoms with Crippen LogP contribution in [-0.4, -0.2) is 13.1 Å². The highest BCUT2D eigenvalue weighted by Gasteiger charge is 2.09. The molecule has 2 aromatic carbocycles. The van der Waals surface area contributed by atoms with Crippen LogP contribution in [0.5, 0.6) is 5.75 Å². The van der Waals surface area contributed by atoms with Crippen LogP contribution in [0.15, 0.2) is 42.5 Å². The van der Waals surface area contributed by atoms with Crippen molar-refractivity contribution in [1.29, 1.82) is 0 Å². The summed E-state index contributed by atoms with van der Waals surface area (Å²) in [5.74, 6) is 0.729. The van der Waals surface area contributed by atoms with Crippen molar-refractivity contribution in [3.8, 4) is 5.75 Å². The Hall–Kier alpha value is -1.67. The van der Waals surface area contributed by atoms with Crippen LogP contribution in [0.2, 0.25) is 0 Å².